The topological polar surface area (TPSA) is 267 Å². The molecular formula is C32H30N11NaO8S3. The van der Waals surface area contributed by atoms with Gasteiger partial charge in [0.1, 0.15) is 28.9 Å². The molecule has 0 aliphatic carbocycles. The molecule has 1 saturated heterocycles. The Morgan fingerprint density at radius 3 is 2.51 bits per heavy atom. The molecule has 3 atom stereocenters. The molecule has 2 aromatic carbocycles. The molecule has 6 rings (SSSR count). The number of aromatic hydroxyl groups is 1. The number of benzene rings is 2. The van der Waals surface area contributed by atoms with Gasteiger partial charge in [-0.25, -0.2) is 9.78 Å². The Morgan fingerprint density at radius 1 is 1.13 bits per heavy atom. The standard InChI is InChI=1S/C32H31N11O8S3.Na/c1-42(2)18-7-5-17(6-8-18)35-29-33-11-20(24(46)39-29)36-30(51)38-21(15-3-9-19(45)10-4-15)25(47)37-22-26(48)43-23(28(49)50)16(12-52-27(22)43)13-53-32-41-40-31(54-32)34-14-44;/h3-11,14,21-22,27,45H,12-13H2,1-2H3,(H,37,47)(H,49,50)(H,34,40,44)(H2,36,38,51)(H2,33,35,39,46);/q;+1/p-1/t21-,22?,27-;/m1./s1. The van der Waals surface area contributed by atoms with Gasteiger partial charge in [-0.3, -0.25) is 29.1 Å². The molecule has 2 aromatic heterocycles. The maximum atomic E-state index is 13.7. The number of thioether (sulfide) groups is 2. The predicted molar refractivity (Wildman–Crippen MR) is 199 cm³/mol. The minimum Gasteiger partial charge on any atom is -0.543 e. The number of β-lactam (4-membered cyclic amide) rings is 1. The zero-order valence-corrected chi connectivity index (χ0v) is 33.6. The molecule has 23 heteroatoms. The number of carbonyl (C=O) groups excluding carboxylic acids is 5. The molecule has 2 aliphatic rings. The van der Waals surface area contributed by atoms with E-state index in [1.54, 1.807) is 12.1 Å². The summed E-state index contributed by atoms with van der Waals surface area (Å²) in [5, 5.41) is 42.1. The van der Waals surface area contributed by atoms with Crippen LogP contribution in [0.5, 0.6) is 5.75 Å². The van der Waals surface area contributed by atoms with Gasteiger partial charge in [-0.2, -0.15) is 0 Å². The summed E-state index contributed by atoms with van der Waals surface area (Å²) in [5.74, 6) is -2.75. The minimum absolute atomic E-state index is 0. The number of nitrogens with one attached hydrogen (secondary N) is 6. The van der Waals surface area contributed by atoms with E-state index in [0.29, 0.717) is 22.0 Å². The monoisotopic (exact) mass is 815 g/mol. The molecule has 0 spiro atoms. The molecular weight excluding hydrogens is 786 g/mol. The van der Waals surface area contributed by atoms with E-state index >= 15 is 0 Å². The van der Waals surface area contributed by atoms with Crippen molar-refractivity contribution in [2.24, 2.45) is 0 Å². The van der Waals surface area contributed by atoms with E-state index in [9.17, 15) is 39.0 Å². The number of urea groups is 1. The molecule has 19 nitrogen and oxygen atoms in total. The van der Waals surface area contributed by atoms with E-state index in [-0.39, 0.29) is 74.8 Å². The summed E-state index contributed by atoms with van der Waals surface area (Å²) in [7, 11) is 3.81. The molecule has 4 aromatic rings. The van der Waals surface area contributed by atoms with Crippen LogP contribution in [0.3, 0.4) is 0 Å². The van der Waals surface area contributed by atoms with Crippen LogP contribution in [0.1, 0.15) is 11.6 Å². The Bertz CT molecular complexity index is 2180. The summed E-state index contributed by atoms with van der Waals surface area (Å²) in [6.45, 7) is 0. The van der Waals surface area contributed by atoms with Crippen molar-refractivity contribution in [3.8, 4) is 5.75 Å². The number of amides is 5. The van der Waals surface area contributed by atoms with Crippen LogP contribution in [0.2, 0.25) is 0 Å². The molecule has 280 valence electrons. The van der Waals surface area contributed by atoms with Gasteiger partial charge in [-0.05, 0) is 47.5 Å². The Kier molecular flexibility index (Phi) is 13.4. The summed E-state index contributed by atoms with van der Waals surface area (Å²) in [4.78, 5) is 85.6. The van der Waals surface area contributed by atoms with Gasteiger partial charge in [-0.15, -0.1) is 22.0 Å². The van der Waals surface area contributed by atoms with Gasteiger partial charge >= 0.3 is 35.6 Å². The number of H-pyrrole nitrogens is 1. The second kappa shape index (κ2) is 18.0. The maximum Gasteiger partial charge on any atom is 1.00 e. The first-order valence-corrected chi connectivity index (χ1v) is 18.6. The summed E-state index contributed by atoms with van der Waals surface area (Å²) in [6.07, 6.45) is 1.59. The van der Waals surface area contributed by atoms with E-state index in [4.69, 9.17) is 0 Å². The molecule has 1 fully saturated rings. The number of nitrogens with zero attached hydrogens (tertiary/aromatic N) is 5. The Hall–Kier alpha value is -5.13. The number of carboxylic acids is 1. The molecule has 55 heavy (non-hydrogen) atoms. The number of hydrogen-bond acceptors (Lipinski definition) is 16. The summed E-state index contributed by atoms with van der Waals surface area (Å²) in [6, 6.07) is 9.20. The number of aromatic nitrogens is 4. The van der Waals surface area contributed by atoms with E-state index in [2.05, 4.69) is 46.7 Å². The molecule has 0 saturated carbocycles. The van der Waals surface area contributed by atoms with Crippen LogP contribution in [0.25, 0.3) is 0 Å². The first-order chi connectivity index (χ1) is 25.9. The zero-order chi connectivity index (χ0) is 38.5. The number of rotatable bonds is 14. The van der Waals surface area contributed by atoms with Crippen LogP contribution in [0.4, 0.5) is 32.9 Å². The molecule has 0 bridgehead atoms. The SMILES string of the molecule is CN(C)c1ccc(Nc2ncc(NC(=O)N[C@@H](C(=O)NC3C(=O)N4C(C(=O)[O-])=C(CSc5nnc(NC=O)s5)CS[C@H]34)c3ccc(O)cc3)c(=O)[nH]2)cc1.[Na+]. The van der Waals surface area contributed by atoms with Gasteiger partial charge in [0.25, 0.3) is 11.5 Å². The molecule has 5 amide bonds. The molecule has 1 unspecified atom stereocenters. The van der Waals surface area contributed by atoms with Crippen molar-refractivity contribution < 1.29 is 63.7 Å². The van der Waals surface area contributed by atoms with Crippen molar-refractivity contribution in [1.82, 2.24) is 35.7 Å². The average molecular weight is 816 g/mol. The average Bonchev–Trinajstić information content (AvgIpc) is 3.60. The smallest absolute Gasteiger partial charge is 0.543 e. The van der Waals surface area contributed by atoms with Crippen molar-refractivity contribution in [3.63, 3.8) is 0 Å². The quantitative estimate of drug-likeness (QED) is 0.0234. The van der Waals surface area contributed by atoms with Gasteiger partial charge in [0.2, 0.25) is 23.4 Å². The number of anilines is 5. The van der Waals surface area contributed by atoms with Crippen LogP contribution in [0, 0.1) is 0 Å². The fourth-order valence-corrected chi connectivity index (χ4v) is 8.52. The van der Waals surface area contributed by atoms with E-state index < -0.39 is 46.8 Å². The van der Waals surface area contributed by atoms with Gasteiger partial charge in [0.15, 0.2) is 4.34 Å². The van der Waals surface area contributed by atoms with E-state index in [0.717, 1.165) is 28.1 Å². The van der Waals surface area contributed by atoms with E-state index in [1.165, 1.54) is 47.8 Å². The van der Waals surface area contributed by atoms with Crippen molar-refractivity contribution in [2.45, 2.75) is 21.8 Å². The van der Waals surface area contributed by atoms with Crippen LogP contribution in [0.15, 0.2) is 75.1 Å². The van der Waals surface area contributed by atoms with Crippen molar-refractivity contribution in [1.29, 1.82) is 0 Å². The van der Waals surface area contributed by atoms with Crippen molar-refractivity contribution in [2.75, 3.05) is 46.5 Å². The number of aromatic amines is 1. The Morgan fingerprint density at radius 2 is 1.85 bits per heavy atom. The van der Waals surface area contributed by atoms with Crippen LogP contribution in [-0.4, -0.2) is 97.4 Å². The van der Waals surface area contributed by atoms with Crippen molar-refractivity contribution >= 4 is 93.2 Å². The third-order valence-electron chi connectivity index (χ3n) is 7.96. The molecule has 0 radical (unpaired) electrons. The summed E-state index contributed by atoms with van der Waals surface area (Å²) < 4.78 is 0.463. The zero-order valence-electron chi connectivity index (χ0n) is 29.2. The second-order valence-electron chi connectivity index (χ2n) is 11.7. The third kappa shape index (κ3) is 9.58. The number of carbonyl (C=O) groups is 5. The number of carboxylic acid groups (broad SMARTS) is 1. The number of aliphatic carboxylic acids is 1. The largest absolute Gasteiger partial charge is 1.00 e. The minimum atomic E-state index is -1.57. The first-order valence-electron chi connectivity index (χ1n) is 15.8. The van der Waals surface area contributed by atoms with E-state index in [1.807, 2.05) is 31.1 Å². The number of hydrogen-bond donors (Lipinski definition) is 7. The van der Waals surface area contributed by atoms with Crippen LogP contribution >= 0.6 is 34.9 Å². The van der Waals surface area contributed by atoms with Gasteiger partial charge in [-0.1, -0.05) is 35.2 Å². The Labute approximate surface area is 346 Å². The first kappa shape index (κ1) is 41.0. The van der Waals surface area contributed by atoms with Crippen LogP contribution < -0.4 is 71.7 Å². The molecule has 7 N–H and O–H groups in total. The fourth-order valence-electron chi connectivity index (χ4n) is 5.33. The van der Waals surface area contributed by atoms with Gasteiger partial charge in [0.05, 0.1) is 17.9 Å². The third-order valence-corrected chi connectivity index (χ3v) is 11.4. The van der Waals surface area contributed by atoms with Crippen LogP contribution in [-0.2, 0) is 19.2 Å². The number of fused-ring (bicyclic) bond motifs is 1. The van der Waals surface area contributed by atoms with Gasteiger partial charge < -0.3 is 46.5 Å². The van der Waals surface area contributed by atoms with Crippen molar-refractivity contribution in [3.05, 3.63) is 81.9 Å². The molecule has 4 heterocycles. The normalized spacial score (nSPS) is 16.4. The second-order valence-corrected chi connectivity index (χ2v) is 15.0. The Balaban J connectivity index is 0.00000580. The fraction of sp³-hybridized carbons (Fsp3) is 0.219. The maximum absolute atomic E-state index is 13.7. The summed E-state index contributed by atoms with van der Waals surface area (Å²) in [5.41, 5.74) is 1.02. The predicted octanol–water partition coefficient (Wildman–Crippen LogP) is -2.23. The number of phenols is 1. The van der Waals surface area contributed by atoms with Gasteiger partial charge in [0, 0.05) is 37.0 Å². The molecule has 2 aliphatic heterocycles. The number of phenolic OH excluding ortho intramolecular Hbond substituents is 1. The summed E-state index contributed by atoms with van der Waals surface area (Å²) >= 11 is 3.49.